The van der Waals surface area contributed by atoms with E-state index in [-0.39, 0.29) is 11.8 Å². The maximum Gasteiger partial charge on any atom is 0.236 e. The van der Waals surface area contributed by atoms with E-state index in [9.17, 15) is 9.59 Å². The lowest BCUT2D eigenvalue weighted by atomic mass is 9.89. The van der Waals surface area contributed by atoms with Crippen molar-refractivity contribution in [2.75, 3.05) is 52.4 Å². The summed E-state index contributed by atoms with van der Waals surface area (Å²) < 4.78 is 0. The van der Waals surface area contributed by atoms with Crippen molar-refractivity contribution < 1.29 is 9.59 Å². The summed E-state index contributed by atoms with van der Waals surface area (Å²) in [6.07, 6.45) is 0. The first-order valence-corrected chi connectivity index (χ1v) is 9.09. The highest BCUT2D eigenvalue weighted by molar-refractivity contribution is 5.79. The van der Waals surface area contributed by atoms with Gasteiger partial charge in [-0.3, -0.25) is 14.5 Å². The number of amides is 2. The Morgan fingerprint density at radius 1 is 1.04 bits per heavy atom. The van der Waals surface area contributed by atoms with Crippen LogP contribution in [0, 0.1) is 5.92 Å². The van der Waals surface area contributed by atoms with Gasteiger partial charge in [0.15, 0.2) is 0 Å². The molecule has 2 aliphatic heterocycles. The van der Waals surface area contributed by atoms with Gasteiger partial charge in [-0.05, 0) is 18.0 Å². The third kappa shape index (κ3) is 4.19. The number of hydrogen-bond acceptors (Lipinski definition) is 4. The molecular formula is C19H28N4O2. The number of hydrogen-bond donors (Lipinski definition) is 1. The average Bonchev–Trinajstić information content (AvgIpc) is 3.05. The molecule has 0 aliphatic carbocycles. The number of carbonyl (C=O) groups excluding carboxylic acids is 2. The number of carbonyl (C=O) groups is 2. The van der Waals surface area contributed by atoms with E-state index in [0.717, 1.165) is 13.1 Å². The van der Waals surface area contributed by atoms with Crippen LogP contribution in [0.1, 0.15) is 18.4 Å². The molecule has 0 bridgehead atoms. The van der Waals surface area contributed by atoms with Crippen molar-refractivity contribution in [2.24, 2.45) is 11.7 Å². The molecule has 6 heteroatoms. The third-order valence-corrected chi connectivity index (χ3v) is 5.48. The van der Waals surface area contributed by atoms with E-state index in [1.165, 1.54) is 5.56 Å². The van der Waals surface area contributed by atoms with Gasteiger partial charge in [0, 0.05) is 52.1 Å². The smallest absolute Gasteiger partial charge is 0.236 e. The van der Waals surface area contributed by atoms with Gasteiger partial charge in [0.1, 0.15) is 0 Å². The highest BCUT2D eigenvalue weighted by Gasteiger charge is 2.34. The summed E-state index contributed by atoms with van der Waals surface area (Å²) in [7, 11) is 0. The zero-order valence-corrected chi connectivity index (χ0v) is 14.9. The van der Waals surface area contributed by atoms with Crippen LogP contribution in [-0.2, 0) is 9.59 Å². The van der Waals surface area contributed by atoms with Crippen LogP contribution >= 0.6 is 0 Å². The largest absolute Gasteiger partial charge is 0.339 e. The minimum absolute atomic E-state index is 0.0862. The zero-order valence-electron chi connectivity index (χ0n) is 14.9. The van der Waals surface area contributed by atoms with Crippen molar-refractivity contribution in [3.8, 4) is 0 Å². The topological polar surface area (TPSA) is 69.9 Å². The van der Waals surface area contributed by atoms with Gasteiger partial charge in [-0.25, -0.2) is 0 Å². The van der Waals surface area contributed by atoms with Crippen molar-refractivity contribution in [3.63, 3.8) is 0 Å². The number of rotatable bonds is 4. The Balaban J connectivity index is 1.55. The highest BCUT2D eigenvalue weighted by Crippen LogP contribution is 2.31. The molecule has 2 amide bonds. The molecule has 3 rings (SSSR count). The second kappa shape index (κ2) is 7.97. The molecule has 2 atom stereocenters. The summed E-state index contributed by atoms with van der Waals surface area (Å²) in [5.41, 5.74) is 7.29. The molecule has 136 valence electrons. The summed E-state index contributed by atoms with van der Waals surface area (Å²) >= 11 is 0. The molecule has 0 spiro atoms. The van der Waals surface area contributed by atoms with E-state index in [1.54, 1.807) is 11.8 Å². The molecule has 1 aromatic rings. The highest BCUT2D eigenvalue weighted by atomic mass is 16.2. The molecule has 0 unspecified atom stereocenters. The Morgan fingerprint density at radius 3 is 2.28 bits per heavy atom. The fourth-order valence-electron chi connectivity index (χ4n) is 3.97. The maximum absolute atomic E-state index is 12.6. The number of benzene rings is 1. The SMILES string of the molecule is CC(=O)N1CCN(C(=O)CN2C[C@@H](CN)[C@H](c3ccccc3)C2)CC1. The third-order valence-electron chi connectivity index (χ3n) is 5.48. The minimum atomic E-state index is 0.0862. The van der Waals surface area contributed by atoms with Gasteiger partial charge in [-0.1, -0.05) is 30.3 Å². The van der Waals surface area contributed by atoms with Crippen LogP contribution in [0.25, 0.3) is 0 Å². The first kappa shape index (κ1) is 17.9. The van der Waals surface area contributed by atoms with Crippen molar-refractivity contribution in [3.05, 3.63) is 35.9 Å². The van der Waals surface area contributed by atoms with E-state index >= 15 is 0 Å². The van der Waals surface area contributed by atoms with Crippen molar-refractivity contribution >= 4 is 11.8 Å². The Kier molecular flexibility index (Phi) is 5.71. The van der Waals surface area contributed by atoms with Gasteiger partial charge >= 0.3 is 0 Å². The molecule has 25 heavy (non-hydrogen) atoms. The number of nitrogens with zero attached hydrogens (tertiary/aromatic N) is 3. The lowest BCUT2D eigenvalue weighted by Gasteiger charge is -2.35. The first-order chi connectivity index (χ1) is 12.1. The molecule has 0 saturated carbocycles. The van der Waals surface area contributed by atoms with Crippen LogP contribution in [0.2, 0.25) is 0 Å². The predicted octanol–water partition coefficient (Wildman–Crippen LogP) is 0.351. The fraction of sp³-hybridized carbons (Fsp3) is 0.579. The molecule has 2 saturated heterocycles. The standard InChI is InChI=1S/C19H28N4O2/c1-15(24)22-7-9-23(10-8-22)19(25)14-21-12-17(11-20)18(13-21)16-5-3-2-4-6-16/h2-6,17-18H,7-14,20H2,1H3/t17-,18+/m1/s1. The molecule has 6 nitrogen and oxygen atoms in total. The number of likely N-dealkylation sites (tertiary alicyclic amines) is 1. The molecule has 0 radical (unpaired) electrons. The van der Waals surface area contributed by atoms with Crippen molar-refractivity contribution in [1.29, 1.82) is 0 Å². The molecule has 2 fully saturated rings. The Hall–Kier alpha value is -1.92. The molecule has 2 aliphatic rings. The van der Waals surface area contributed by atoms with Crippen molar-refractivity contribution in [1.82, 2.24) is 14.7 Å². The minimum Gasteiger partial charge on any atom is -0.339 e. The van der Waals surface area contributed by atoms with E-state index in [0.29, 0.717) is 51.1 Å². The Morgan fingerprint density at radius 2 is 1.68 bits per heavy atom. The summed E-state index contributed by atoms with van der Waals surface area (Å²) in [6.45, 7) is 6.96. The van der Waals surface area contributed by atoms with Gasteiger partial charge in [0.05, 0.1) is 6.54 Å². The molecule has 2 heterocycles. The van der Waals surface area contributed by atoms with E-state index in [4.69, 9.17) is 5.73 Å². The molecular weight excluding hydrogens is 316 g/mol. The zero-order chi connectivity index (χ0) is 17.8. The van der Waals surface area contributed by atoms with Crippen LogP contribution in [0.15, 0.2) is 30.3 Å². The summed E-state index contributed by atoms with van der Waals surface area (Å²) in [5, 5.41) is 0. The quantitative estimate of drug-likeness (QED) is 0.856. The van der Waals surface area contributed by atoms with Gasteiger partial charge < -0.3 is 15.5 Å². The fourth-order valence-corrected chi connectivity index (χ4v) is 3.97. The Bertz CT molecular complexity index is 599. The average molecular weight is 344 g/mol. The number of nitrogens with two attached hydrogens (primary N) is 1. The first-order valence-electron chi connectivity index (χ1n) is 9.09. The lowest BCUT2D eigenvalue weighted by Crippen LogP contribution is -2.52. The Labute approximate surface area is 149 Å². The second-order valence-electron chi connectivity index (χ2n) is 7.09. The number of piperazine rings is 1. The predicted molar refractivity (Wildman–Crippen MR) is 97.0 cm³/mol. The van der Waals surface area contributed by atoms with Crippen LogP contribution in [0.5, 0.6) is 0 Å². The monoisotopic (exact) mass is 344 g/mol. The van der Waals surface area contributed by atoms with E-state index in [1.807, 2.05) is 11.0 Å². The summed E-state index contributed by atoms with van der Waals surface area (Å²) in [4.78, 5) is 29.9. The molecule has 1 aromatic carbocycles. The summed E-state index contributed by atoms with van der Waals surface area (Å²) in [5.74, 6) is 1.04. The molecule has 2 N–H and O–H groups in total. The molecule has 0 aromatic heterocycles. The lowest BCUT2D eigenvalue weighted by molar-refractivity contribution is -0.139. The van der Waals surface area contributed by atoms with Gasteiger partial charge in [-0.15, -0.1) is 0 Å². The maximum atomic E-state index is 12.6. The van der Waals surface area contributed by atoms with Crippen molar-refractivity contribution in [2.45, 2.75) is 12.8 Å². The summed E-state index contributed by atoms with van der Waals surface area (Å²) in [6, 6.07) is 10.5. The van der Waals surface area contributed by atoms with E-state index in [2.05, 4.69) is 29.2 Å². The van der Waals surface area contributed by atoms with Gasteiger partial charge in [0.25, 0.3) is 0 Å². The second-order valence-corrected chi connectivity index (χ2v) is 7.09. The van der Waals surface area contributed by atoms with Gasteiger partial charge in [0.2, 0.25) is 11.8 Å². The van der Waals surface area contributed by atoms with Gasteiger partial charge in [-0.2, -0.15) is 0 Å². The van der Waals surface area contributed by atoms with Crippen LogP contribution in [0.4, 0.5) is 0 Å². The normalized spacial score (nSPS) is 24.6. The van der Waals surface area contributed by atoms with Crippen LogP contribution < -0.4 is 5.73 Å². The van der Waals surface area contributed by atoms with Crippen LogP contribution in [-0.4, -0.2) is 78.9 Å². The van der Waals surface area contributed by atoms with Crippen LogP contribution in [0.3, 0.4) is 0 Å². The van der Waals surface area contributed by atoms with E-state index < -0.39 is 0 Å².